The van der Waals surface area contributed by atoms with Gasteiger partial charge in [0.2, 0.25) is 0 Å². The van der Waals surface area contributed by atoms with E-state index in [0.717, 1.165) is 49.2 Å². The third kappa shape index (κ3) is 5.03. The van der Waals surface area contributed by atoms with Gasteiger partial charge in [0, 0.05) is 61.4 Å². The van der Waals surface area contributed by atoms with Crippen molar-refractivity contribution in [2.24, 2.45) is 4.40 Å². The highest BCUT2D eigenvalue weighted by molar-refractivity contribution is 7.99. The highest BCUT2D eigenvalue weighted by Crippen LogP contribution is 2.24. The zero-order valence-electron chi connectivity index (χ0n) is 18.6. The first-order valence-electron chi connectivity index (χ1n) is 11.0. The van der Waals surface area contributed by atoms with Gasteiger partial charge in [-0.25, -0.2) is 13.5 Å². The normalized spacial score (nSPS) is 19.1. The molecule has 1 atom stereocenters. The first kappa shape index (κ1) is 22.7. The van der Waals surface area contributed by atoms with Gasteiger partial charge in [-0.2, -0.15) is 9.50 Å². The fraction of sp³-hybridized carbons (Fsp3) is 0.292. The van der Waals surface area contributed by atoms with Crippen molar-refractivity contribution >= 4 is 17.8 Å². The summed E-state index contributed by atoms with van der Waals surface area (Å²) in [6, 6.07) is 13.8. The topological polar surface area (TPSA) is 65.8 Å². The van der Waals surface area contributed by atoms with Crippen molar-refractivity contribution in [3.63, 3.8) is 0 Å². The Morgan fingerprint density at radius 3 is 2.53 bits per heavy atom. The molecule has 3 heterocycles. The molecule has 3 aromatic rings. The third-order valence-electron chi connectivity index (χ3n) is 5.93. The van der Waals surface area contributed by atoms with Crippen LogP contribution in [0.4, 0.5) is 8.78 Å². The smallest absolute Gasteiger partial charge is 0.267 e. The van der Waals surface area contributed by atoms with Gasteiger partial charge in [0.15, 0.2) is 5.50 Å². The second-order valence-corrected chi connectivity index (χ2v) is 9.29. The van der Waals surface area contributed by atoms with Crippen molar-refractivity contribution in [2.75, 3.05) is 33.2 Å². The zero-order chi connectivity index (χ0) is 23.7. The van der Waals surface area contributed by atoms with Gasteiger partial charge in [-0.1, -0.05) is 18.2 Å². The lowest BCUT2D eigenvalue weighted by Crippen LogP contribution is -2.52. The monoisotopic (exact) mass is 482 g/mol. The van der Waals surface area contributed by atoms with Crippen LogP contribution in [0.1, 0.15) is 11.1 Å². The quantitative estimate of drug-likeness (QED) is 0.565. The molecule has 0 aliphatic carbocycles. The van der Waals surface area contributed by atoms with E-state index < -0.39 is 11.6 Å². The number of halogens is 2. The molecule has 1 aromatic heterocycles. The Kier molecular flexibility index (Phi) is 6.44. The molecule has 2 aliphatic rings. The van der Waals surface area contributed by atoms with E-state index in [9.17, 15) is 13.6 Å². The number of nitrogens with one attached hydrogen (secondary N) is 1. The minimum absolute atomic E-state index is 0.111. The van der Waals surface area contributed by atoms with Crippen molar-refractivity contribution in [3.05, 3.63) is 87.7 Å². The maximum absolute atomic E-state index is 13.6. The summed E-state index contributed by atoms with van der Waals surface area (Å²) in [7, 11) is 2.13. The van der Waals surface area contributed by atoms with Crippen LogP contribution in [0.2, 0.25) is 0 Å². The molecule has 1 fully saturated rings. The minimum Gasteiger partial charge on any atom is -0.343 e. The van der Waals surface area contributed by atoms with Crippen molar-refractivity contribution < 1.29 is 8.78 Å². The van der Waals surface area contributed by atoms with Crippen LogP contribution in [0.15, 0.2) is 63.8 Å². The van der Waals surface area contributed by atoms with Crippen LogP contribution in [0.5, 0.6) is 0 Å². The molecule has 5 rings (SSSR count). The Morgan fingerprint density at radius 2 is 1.76 bits per heavy atom. The van der Waals surface area contributed by atoms with Gasteiger partial charge in [-0.05, 0) is 36.9 Å². The van der Waals surface area contributed by atoms with Gasteiger partial charge < -0.3 is 10.2 Å². The Morgan fingerprint density at radius 1 is 1.00 bits per heavy atom. The predicted octanol–water partition coefficient (Wildman–Crippen LogP) is 2.77. The van der Waals surface area contributed by atoms with Crippen LogP contribution < -0.4 is 10.9 Å². The van der Waals surface area contributed by atoms with Crippen molar-refractivity contribution in [3.8, 4) is 11.3 Å². The molecule has 34 heavy (non-hydrogen) atoms. The lowest BCUT2D eigenvalue weighted by atomic mass is 10.1. The first-order valence-corrected chi connectivity index (χ1v) is 11.9. The Bertz CT molecular complexity index is 1270. The van der Waals surface area contributed by atoms with Gasteiger partial charge >= 0.3 is 0 Å². The summed E-state index contributed by atoms with van der Waals surface area (Å²) in [5, 5.41) is 7.84. The second-order valence-electron chi connectivity index (χ2n) is 8.45. The summed E-state index contributed by atoms with van der Waals surface area (Å²) in [6.07, 6.45) is 0. The van der Waals surface area contributed by atoms with Gasteiger partial charge in [-0.3, -0.25) is 9.69 Å². The van der Waals surface area contributed by atoms with Crippen LogP contribution in [-0.2, 0) is 6.54 Å². The number of rotatable bonds is 5. The number of nitrogens with zero attached hydrogens (tertiary/aromatic N) is 5. The summed E-state index contributed by atoms with van der Waals surface area (Å²) in [5.41, 5.74) is 2.21. The highest BCUT2D eigenvalue weighted by atomic mass is 32.2. The summed E-state index contributed by atoms with van der Waals surface area (Å²) >= 11 is 1.52. The van der Waals surface area contributed by atoms with Crippen molar-refractivity contribution in [1.82, 2.24) is 24.9 Å². The molecule has 0 bridgehead atoms. The maximum atomic E-state index is 13.6. The summed E-state index contributed by atoms with van der Waals surface area (Å²) in [6.45, 7) is 4.27. The summed E-state index contributed by atoms with van der Waals surface area (Å²) in [5.74, 6) is -0.584. The van der Waals surface area contributed by atoms with E-state index in [2.05, 4.69) is 31.7 Å². The fourth-order valence-corrected chi connectivity index (χ4v) is 4.90. The molecule has 1 N–H and O–H groups in total. The van der Waals surface area contributed by atoms with Gasteiger partial charge in [0.05, 0.1) is 12.2 Å². The molecule has 1 unspecified atom stereocenters. The number of aromatic nitrogens is 2. The minimum atomic E-state index is -0.695. The fourth-order valence-electron chi connectivity index (χ4n) is 4.03. The van der Waals surface area contributed by atoms with Gasteiger partial charge in [0.25, 0.3) is 5.56 Å². The van der Waals surface area contributed by atoms with Crippen LogP contribution in [0.25, 0.3) is 11.3 Å². The highest BCUT2D eigenvalue weighted by Gasteiger charge is 2.28. The molecule has 0 saturated carbocycles. The van der Waals surface area contributed by atoms with Crippen molar-refractivity contribution in [1.29, 1.82) is 0 Å². The van der Waals surface area contributed by atoms with Crippen LogP contribution in [0.3, 0.4) is 0 Å². The van der Waals surface area contributed by atoms with Crippen LogP contribution in [-0.4, -0.2) is 64.1 Å². The number of likely N-dealkylation sites (N-methyl/N-ethyl adjacent to an activating group) is 1. The maximum Gasteiger partial charge on any atom is 0.267 e. The number of hydrogen-bond acceptors (Lipinski definition) is 7. The average molecular weight is 483 g/mol. The third-order valence-corrected chi connectivity index (χ3v) is 6.83. The Balaban J connectivity index is 1.32. The molecule has 176 valence electrons. The van der Waals surface area contributed by atoms with E-state index in [4.69, 9.17) is 0 Å². The Labute approximate surface area is 200 Å². The summed E-state index contributed by atoms with van der Waals surface area (Å²) < 4.78 is 33.2. The molecule has 10 heteroatoms. The van der Waals surface area contributed by atoms with E-state index in [1.807, 2.05) is 24.3 Å². The Hall–Kier alpha value is -3.08. The molecular formula is C24H24F2N6OS. The molecule has 0 radical (unpaired) electrons. The summed E-state index contributed by atoms with van der Waals surface area (Å²) in [4.78, 5) is 17.1. The van der Waals surface area contributed by atoms with E-state index >= 15 is 0 Å². The molecule has 1 saturated heterocycles. The van der Waals surface area contributed by atoms with E-state index in [1.165, 1.54) is 40.9 Å². The number of hydrogen-bond donors (Lipinski definition) is 1. The average Bonchev–Trinajstić information content (AvgIpc) is 3.31. The van der Waals surface area contributed by atoms with E-state index in [0.29, 0.717) is 5.69 Å². The lowest BCUT2D eigenvalue weighted by molar-refractivity contribution is 0.140. The predicted molar refractivity (Wildman–Crippen MR) is 130 cm³/mol. The number of benzene rings is 2. The molecule has 0 amide bonds. The van der Waals surface area contributed by atoms with Crippen molar-refractivity contribution in [2.45, 2.75) is 12.0 Å². The molecule has 2 aromatic carbocycles. The van der Waals surface area contributed by atoms with E-state index in [1.54, 1.807) is 0 Å². The van der Waals surface area contributed by atoms with Crippen LogP contribution in [0, 0.1) is 11.6 Å². The molecule has 2 aliphatic heterocycles. The van der Waals surface area contributed by atoms with Crippen LogP contribution >= 0.6 is 11.9 Å². The molecule has 0 spiro atoms. The molecule has 7 nitrogen and oxygen atoms in total. The van der Waals surface area contributed by atoms with E-state index in [-0.39, 0.29) is 23.2 Å². The largest absolute Gasteiger partial charge is 0.343 e. The zero-order valence-corrected chi connectivity index (χ0v) is 19.4. The second kappa shape index (κ2) is 9.65. The van der Waals surface area contributed by atoms with Gasteiger partial charge in [-0.15, -0.1) is 0 Å². The number of amidine groups is 1. The van der Waals surface area contributed by atoms with Gasteiger partial charge in [0.1, 0.15) is 17.5 Å². The SMILES string of the molecule is CN1CCN(C2NC(c3cccc(Cn4nc(-c5cc(F)cc(F)c5)ccc4=O)c3)=NS2)CC1. The standard InChI is InChI=1S/C24H24F2N6OS/c1-30-7-9-31(10-8-30)24-27-23(29-34-24)17-4-2-3-16(11-17)15-32-22(33)6-5-21(28-32)18-12-19(25)14-20(26)13-18/h2-6,11-14,24H,7-10,15H2,1H3,(H,27,29). The first-order chi connectivity index (χ1) is 16.4. The lowest BCUT2D eigenvalue weighted by Gasteiger charge is -2.35. The number of piperazine rings is 1. The molecular weight excluding hydrogens is 458 g/mol.